The third kappa shape index (κ3) is 4.59. The molecule has 0 unspecified atom stereocenters. The quantitative estimate of drug-likeness (QED) is 0.670. The van der Waals surface area contributed by atoms with Crippen molar-refractivity contribution in [2.75, 3.05) is 33.2 Å². The molecule has 1 aliphatic heterocycles. The van der Waals surface area contributed by atoms with E-state index in [2.05, 4.69) is 23.3 Å². The normalized spacial score (nSPS) is 18.4. The van der Waals surface area contributed by atoms with Crippen molar-refractivity contribution in [3.63, 3.8) is 0 Å². The Kier molecular flexibility index (Phi) is 5.58. The maximum atomic E-state index is 8.42. The van der Waals surface area contributed by atoms with Crippen LogP contribution in [0.15, 0.2) is 0 Å². The number of rotatable bonds is 5. The summed E-state index contributed by atoms with van der Waals surface area (Å²) in [6, 6.07) is 2.19. The van der Waals surface area contributed by atoms with Crippen LogP contribution in [0.2, 0.25) is 0 Å². The first-order chi connectivity index (χ1) is 6.83. The standard InChI is InChI=1S/C11H21N3/c1-14(9-3-2-6-12)10-11-4-7-13-8-5-11/h11,13H,2-5,7-10H2,1H3. The summed E-state index contributed by atoms with van der Waals surface area (Å²) in [7, 11) is 2.17. The van der Waals surface area contributed by atoms with Gasteiger partial charge >= 0.3 is 0 Å². The van der Waals surface area contributed by atoms with E-state index in [0.717, 1.165) is 18.9 Å². The van der Waals surface area contributed by atoms with Crippen LogP contribution in [0.25, 0.3) is 0 Å². The highest BCUT2D eigenvalue weighted by molar-refractivity contribution is 4.73. The summed E-state index contributed by atoms with van der Waals surface area (Å²) in [5.41, 5.74) is 0. The van der Waals surface area contributed by atoms with E-state index in [-0.39, 0.29) is 0 Å². The van der Waals surface area contributed by atoms with Crippen LogP contribution in [0.4, 0.5) is 0 Å². The lowest BCUT2D eigenvalue weighted by molar-refractivity contribution is 0.239. The molecule has 0 aromatic heterocycles. The van der Waals surface area contributed by atoms with Gasteiger partial charge in [0.2, 0.25) is 0 Å². The summed E-state index contributed by atoms with van der Waals surface area (Å²) in [6.45, 7) is 4.62. The van der Waals surface area contributed by atoms with Crippen LogP contribution in [-0.2, 0) is 0 Å². The molecule has 14 heavy (non-hydrogen) atoms. The number of hydrogen-bond acceptors (Lipinski definition) is 3. The minimum atomic E-state index is 0.691. The van der Waals surface area contributed by atoms with Crippen LogP contribution in [0, 0.1) is 17.2 Å². The first kappa shape index (κ1) is 11.5. The van der Waals surface area contributed by atoms with Gasteiger partial charge in [-0.25, -0.2) is 0 Å². The number of nitrogens with one attached hydrogen (secondary N) is 1. The van der Waals surface area contributed by atoms with Gasteiger partial charge < -0.3 is 10.2 Å². The van der Waals surface area contributed by atoms with Crippen molar-refractivity contribution in [3.05, 3.63) is 0 Å². The van der Waals surface area contributed by atoms with Gasteiger partial charge in [0.1, 0.15) is 0 Å². The Morgan fingerprint density at radius 1 is 1.43 bits per heavy atom. The molecule has 0 amide bonds. The fourth-order valence-electron chi connectivity index (χ4n) is 2.02. The predicted molar refractivity (Wildman–Crippen MR) is 57.9 cm³/mol. The largest absolute Gasteiger partial charge is 0.317 e. The van der Waals surface area contributed by atoms with Crippen LogP contribution < -0.4 is 5.32 Å². The van der Waals surface area contributed by atoms with Gasteiger partial charge in [0, 0.05) is 13.0 Å². The second-order valence-electron chi connectivity index (χ2n) is 4.22. The van der Waals surface area contributed by atoms with Gasteiger partial charge in [-0.05, 0) is 51.9 Å². The zero-order valence-corrected chi connectivity index (χ0v) is 9.13. The van der Waals surface area contributed by atoms with Crippen molar-refractivity contribution in [3.8, 4) is 6.07 Å². The highest BCUT2D eigenvalue weighted by Gasteiger charge is 2.14. The molecule has 0 aromatic rings. The lowest BCUT2D eigenvalue weighted by Gasteiger charge is -2.27. The van der Waals surface area contributed by atoms with Gasteiger partial charge in [-0.1, -0.05) is 0 Å². The van der Waals surface area contributed by atoms with E-state index in [1.165, 1.54) is 32.5 Å². The number of nitrogens with zero attached hydrogens (tertiary/aromatic N) is 2. The molecule has 0 spiro atoms. The van der Waals surface area contributed by atoms with E-state index >= 15 is 0 Å². The van der Waals surface area contributed by atoms with Crippen LogP contribution in [0.5, 0.6) is 0 Å². The van der Waals surface area contributed by atoms with E-state index in [1.54, 1.807) is 0 Å². The molecule has 1 saturated heterocycles. The van der Waals surface area contributed by atoms with Gasteiger partial charge in [-0.15, -0.1) is 0 Å². The van der Waals surface area contributed by atoms with Gasteiger partial charge in [0.25, 0.3) is 0 Å². The van der Waals surface area contributed by atoms with Crippen LogP contribution in [0.1, 0.15) is 25.7 Å². The van der Waals surface area contributed by atoms with Crippen molar-refractivity contribution in [2.24, 2.45) is 5.92 Å². The topological polar surface area (TPSA) is 39.1 Å². The molecule has 3 heteroatoms. The zero-order chi connectivity index (χ0) is 10.2. The Balaban J connectivity index is 2.06. The third-order valence-electron chi connectivity index (χ3n) is 2.86. The Labute approximate surface area is 87.1 Å². The minimum Gasteiger partial charge on any atom is -0.317 e. The predicted octanol–water partition coefficient (Wildman–Crippen LogP) is 1.22. The SMILES string of the molecule is CN(CCCC#N)CC1CCNCC1. The molecule has 0 atom stereocenters. The molecule has 80 valence electrons. The summed E-state index contributed by atoms with van der Waals surface area (Å²) < 4.78 is 0. The second kappa shape index (κ2) is 6.80. The summed E-state index contributed by atoms with van der Waals surface area (Å²) in [6.07, 6.45) is 4.32. The molecule has 0 radical (unpaired) electrons. The molecule has 1 rings (SSSR count). The van der Waals surface area contributed by atoms with E-state index in [4.69, 9.17) is 5.26 Å². The summed E-state index contributed by atoms with van der Waals surface area (Å²) in [4.78, 5) is 2.37. The van der Waals surface area contributed by atoms with Gasteiger partial charge in [-0.3, -0.25) is 0 Å². The van der Waals surface area contributed by atoms with Crippen LogP contribution >= 0.6 is 0 Å². The zero-order valence-electron chi connectivity index (χ0n) is 9.13. The summed E-state index contributed by atoms with van der Waals surface area (Å²) in [5.74, 6) is 0.864. The molecule has 0 aromatic carbocycles. The Morgan fingerprint density at radius 2 is 2.14 bits per heavy atom. The Morgan fingerprint density at radius 3 is 2.79 bits per heavy atom. The molecular formula is C11H21N3. The first-order valence-corrected chi connectivity index (χ1v) is 5.59. The number of unbranched alkanes of at least 4 members (excludes halogenated alkanes) is 1. The van der Waals surface area contributed by atoms with Gasteiger partial charge in [0.05, 0.1) is 6.07 Å². The highest BCUT2D eigenvalue weighted by Crippen LogP contribution is 2.12. The molecule has 0 aliphatic carbocycles. The van der Waals surface area contributed by atoms with E-state index in [0.29, 0.717) is 6.42 Å². The lowest BCUT2D eigenvalue weighted by atomic mass is 9.98. The maximum absolute atomic E-state index is 8.42. The van der Waals surface area contributed by atoms with Crippen LogP contribution in [0.3, 0.4) is 0 Å². The monoisotopic (exact) mass is 195 g/mol. The lowest BCUT2D eigenvalue weighted by Crippen LogP contribution is -2.34. The van der Waals surface area contributed by atoms with E-state index in [9.17, 15) is 0 Å². The third-order valence-corrected chi connectivity index (χ3v) is 2.86. The average Bonchev–Trinajstić information content (AvgIpc) is 2.20. The smallest absolute Gasteiger partial charge is 0.0622 e. The fourth-order valence-corrected chi connectivity index (χ4v) is 2.02. The van der Waals surface area contributed by atoms with Crippen molar-refractivity contribution < 1.29 is 0 Å². The van der Waals surface area contributed by atoms with E-state index in [1.807, 2.05) is 0 Å². The van der Waals surface area contributed by atoms with E-state index < -0.39 is 0 Å². The molecule has 0 bridgehead atoms. The highest BCUT2D eigenvalue weighted by atomic mass is 15.1. The fraction of sp³-hybridized carbons (Fsp3) is 0.909. The first-order valence-electron chi connectivity index (χ1n) is 5.59. The van der Waals surface area contributed by atoms with Gasteiger partial charge in [0.15, 0.2) is 0 Å². The molecule has 1 fully saturated rings. The number of hydrogen-bond donors (Lipinski definition) is 1. The van der Waals surface area contributed by atoms with Crippen molar-refractivity contribution in [1.82, 2.24) is 10.2 Å². The molecule has 1 heterocycles. The molecule has 1 aliphatic rings. The molecule has 3 nitrogen and oxygen atoms in total. The summed E-state index contributed by atoms with van der Waals surface area (Å²) in [5, 5.41) is 11.8. The van der Waals surface area contributed by atoms with Crippen molar-refractivity contribution >= 4 is 0 Å². The second-order valence-corrected chi connectivity index (χ2v) is 4.22. The molecular weight excluding hydrogens is 174 g/mol. The average molecular weight is 195 g/mol. The molecule has 0 saturated carbocycles. The Hall–Kier alpha value is -0.590. The van der Waals surface area contributed by atoms with Crippen molar-refractivity contribution in [2.45, 2.75) is 25.7 Å². The summed E-state index contributed by atoms with van der Waals surface area (Å²) >= 11 is 0. The number of nitriles is 1. The maximum Gasteiger partial charge on any atom is 0.0622 e. The van der Waals surface area contributed by atoms with Crippen molar-refractivity contribution in [1.29, 1.82) is 5.26 Å². The van der Waals surface area contributed by atoms with Crippen LogP contribution in [-0.4, -0.2) is 38.1 Å². The Bertz CT molecular complexity index is 179. The molecule has 1 N–H and O–H groups in total. The minimum absolute atomic E-state index is 0.691. The number of piperidine rings is 1. The van der Waals surface area contributed by atoms with Gasteiger partial charge in [-0.2, -0.15) is 5.26 Å².